The van der Waals surface area contributed by atoms with Crippen LogP contribution in [0.2, 0.25) is 0 Å². The lowest BCUT2D eigenvalue weighted by Gasteiger charge is -2.21. The summed E-state index contributed by atoms with van der Waals surface area (Å²) in [4.78, 5) is 0. The third kappa shape index (κ3) is 3.03. The first-order valence-corrected chi connectivity index (χ1v) is 6.61. The summed E-state index contributed by atoms with van der Waals surface area (Å²) in [5.41, 5.74) is 6.50. The molecule has 0 unspecified atom stereocenters. The van der Waals surface area contributed by atoms with Gasteiger partial charge in [0.15, 0.2) is 0 Å². The zero-order valence-electron chi connectivity index (χ0n) is 10.4. The molecule has 0 aromatic heterocycles. The van der Waals surface area contributed by atoms with Gasteiger partial charge in [-0.05, 0) is 32.9 Å². The molecule has 6 heteroatoms. The maximum atomic E-state index is 12.0. The van der Waals surface area contributed by atoms with Crippen molar-refractivity contribution in [2.75, 3.05) is 17.6 Å². The van der Waals surface area contributed by atoms with Crippen LogP contribution in [0.1, 0.15) is 20.8 Å². The number of nitrogen functional groups attached to an aromatic ring is 1. The quantitative estimate of drug-likeness (QED) is 0.810. The molecule has 1 rings (SSSR count). The molecular weight excluding hydrogens is 240 g/mol. The van der Waals surface area contributed by atoms with Crippen molar-refractivity contribution in [3.05, 3.63) is 18.2 Å². The van der Waals surface area contributed by atoms with Gasteiger partial charge in [-0.15, -0.1) is 0 Å². The number of nitrogens with one attached hydrogen (secondary N) is 1. The second-order valence-electron chi connectivity index (χ2n) is 4.68. The summed E-state index contributed by atoms with van der Waals surface area (Å²) in [6.07, 6.45) is 0. The number of methoxy groups -OCH3 is 1. The molecule has 0 fully saturated rings. The minimum atomic E-state index is -3.47. The summed E-state index contributed by atoms with van der Waals surface area (Å²) in [5.74, 6) is 0.401. The summed E-state index contributed by atoms with van der Waals surface area (Å²) in [6.45, 7) is 4.87. The Balaban J connectivity index is 3.13. The standard InChI is InChI=1S/C11H18N2O3S/c1-11(2,3)17(14,15)13-9-6-5-8(12)7-10(9)16-4/h5-7,13H,12H2,1-4H3. The van der Waals surface area contributed by atoms with Crippen molar-refractivity contribution in [2.45, 2.75) is 25.5 Å². The Labute approximate surface area is 102 Å². The van der Waals surface area contributed by atoms with Crippen molar-refractivity contribution in [3.63, 3.8) is 0 Å². The monoisotopic (exact) mass is 258 g/mol. The van der Waals surface area contributed by atoms with Gasteiger partial charge in [0.25, 0.3) is 0 Å². The van der Waals surface area contributed by atoms with E-state index in [0.29, 0.717) is 17.1 Å². The van der Waals surface area contributed by atoms with E-state index >= 15 is 0 Å². The first-order chi connectivity index (χ1) is 7.67. The van der Waals surface area contributed by atoms with E-state index in [1.54, 1.807) is 39.0 Å². The molecule has 0 heterocycles. The van der Waals surface area contributed by atoms with Gasteiger partial charge in [0.2, 0.25) is 10.0 Å². The molecule has 0 saturated carbocycles. The molecule has 0 aliphatic rings. The fourth-order valence-electron chi connectivity index (χ4n) is 1.09. The predicted octanol–water partition coefficient (Wildman–Crippen LogP) is 1.82. The fraction of sp³-hybridized carbons (Fsp3) is 0.455. The molecule has 0 radical (unpaired) electrons. The van der Waals surface area contributed by atoms with Gasteiger partial charge in [-0.2, -0.15) is 0 Å². The van der Waals surface area contributed by atoms with Crippen LogP contribution < -0.4 is 15.2 Å². The van der Waals surface area contributed by atoms with Gasteiger partial charge in [0.1, 0.15) is 5.75 Å². The smallest absolute Gasteiger partial charge is 0.237 e. The van der Waals surface area contributed by atoms with Crippen LogP contribution in [0.5, 0.6) is 5.75 Å². The number of benzene rings is 1. The number of rotatable bonds is 3. The van der Waals surface area contributed by atoms with E-state index in [1.165, 1.54) is 7.11 Å². The van der Waals surface area contributed by atoms with Gasteiger partial charge in [-0.25, -0.2) is 8.42 Å². The molecule has 0 atom stereocenters. The third-order valence-electron chi connectivity index (χ3n) is 2.28. The molecule has 5 nitrogen and oxygen atoms in total. The lowest BCUT2D eigenvalue weighted by atomic mass is 10.2. The van der Waals surface area contributed by atoms with Crippen LogP contribution in [0.15, 0.2) is 18.2 Å². The normalized spacial score (nSPS) is 12.2. The molecule has 0 saturated heterocycles. The average Bonchev–Trinajstić information content (AvgIpc) is 2.18. The zero-order valence-corrected chi connectivity index (χ0v) is 11.3. The van der Waals surface area contributed by atoms with E-state index in [2.05, 4.69) is 4.72 Å². The zero-order chi connectivity index (χ0) is 13.3. The maximum Gasteiger partial charge on any atom is 0.237 e. The van der Waals surface area contributed by atoms with Crippen molar-refractivity contribution in [3.8, 4) is 5.75 Å². The Morgan fingerprint density at radius 3 is 2.35 bits per heavy atom. The van der Waals surface area contributed by atoms with Gasteiger partial charge in [0, 0.05) is 11.8 Å². The molecule has 1 aromatic rings. The summed E-state index contributed by atoms with van der Waals surface area (Å²) >= 11 is 0. The molecule has 1 aromatic carbocycles. The minimum absolute atomic E-state index is 0.386. The van der Waals surface area contributed by atoms with Crippen LogP contribution >= 0.6 is 0 Å². The van der Waals surface area contributed by atoms with Crippen molar-refractivity contribution < 1.29 is 13.2 Å². The molecule has 0 aliphatic carbocycles. The maximum absolute atomic E-state index is 12.0. The van der Waals surface area contributed by atoms with Gasteiger partial charge in [0.05, 0.1) is 17.5 Å². The first kappa shape index (κ1) is 13.6. The third-order valence-corrected chi connectivity index (χ3v) is 4.38. The Bertz CT molecular complexity index is 504. The fourth-order valence-corrected chi connectivity index (χ4v) is 1.85. The van der Waals surface area contributed by atoms with Crippen LogP contribution in [0.3, 0.4) is 0 Å². The van der Waals surface area contributed by atoms with Crippen LogP contribution in [-0.2, 0) is 10.0 Å². The number of hydrogen-bond acceptors (Lipinski definition) is 4. The molecule has 0 spiro atoms. The van der Waals surface area contributed by atoms with E-state index in [9.17, 15) is 8.42 Å². The van der Waals surface area contributed by atoms with Crippen LogP contribution in [0.25, 0.3) is 0 Å². The second-order valence-corrected chi connectivity index (χ2v) is 7.11. The summed E-state index contributed by atoms with van der Waals surface area (Å²) in [7, 11) is -2.01. The number of anilines is 2. The number of nitrogens with two attached hydrogens (primary N) is 1. The SMILES string of the molecule is COc1cc(N)ccc1NS(=O)(=O)C(C)(C)C. The molecular formula is C11H18N2O3S. The number of ether oxygens (including phenoxy) is 1. The summed E-state index contributed by atoms with van der Waals surface area (Å²) < 4.78 is 30.6. The Morgan fingerprint density at radius 1 is 1.29 bits per heavy atom. The topological polar surface area (TPSA) is 81.4 Å². The number of sulfonamides is 1. The van der Waals surface area contributed by atoms with E-state index in [0.717, 1.165) is 0 Å². The highest BCUT2D eigenvalue weighted by Crippen LogP contribution is 2.29. The largest absolute Gasteiger partial charge is 0.494 e. The van der Waals surface area contributed by atoms with Crippen molar-refractivity contribution in [1.29, 1.82) is 0 Å². The van der Waals surface area contributed by atoms with E-state index < -0.39 is 14.8 Å². The highest BCUT2D eigenvalue weighted by molar-refractivity contribution is 7.94. The second kappa shape index (κ2) is 4.44. The van der Waals surface area contributed by atoms with Crippen LogP contribution in [0, 0.1) is 0 Å². The minimum Gasteiger partial charge on any atom is -0.494 e. The summed E-state index contributed by atoms with van der Waals surface area (Å²) in [5, 5.41) is 0. The van der Waals surface area contributed by atoms with Gasteiger partial charge in [-0.3, -0.25) is 4.72 Å². The van der Waals surface area contributed by atoms with E-state index in [4.69, 9.17) is 10.5 Å². The van der Waals surface area contributed by atoms with Gasteiger partial charge in [-0.1, -0.05) is 0 Å². The first-order valence-electron chi connectivity index (χ1n) is 5.13. The highest BCUT2D eigenvalue weighted by Gasteiger charge is 2.29. The molecule has 17 heavy (non-hydrogen) atoms. The highest BCUT2D eigenvalue weighted by atomic mass is 32.2. The van der Waals surface area contributed by atoms with E-state index in [-0.39, 0.29) is 0 Å². The van der Waals surface area contributed by atoms with E-state index in [1.807, 2.05) is 0 Å². The molecule has 0 amide bonds. The molecule has 3 N–H and O–H groups in total. The molecule has 0 aliphatic heterocycles. The van der Waals surface area contributed by atoms with Crippen LogP contribution in [0.4, 0.5) is 11.4 Å². The summed E-state index contributed by atoms with van der Waals surface area (Å²) in [6, 6.07) is 4.76. The van der Waals surface area contributed by atoms with Crippen LogP contribution in [-0.4, -0.2) is 20.3 Å². The van der Waals surface area contributed by atoms with Crippen molar-refractivity contribution in [2.24, 2.45) is 0 Å². The number of hydrogen-bond donors (Lipinski definition) is 2. The Hall–Kier alpha value is -1.43. The van der Waals surface area contributed by atoms with Crippen molar-refractivity contribution >= 4 is 21.4 Å². The predicted molar refractivity (Wildman–Crippen MR) is 69.7 cm³/mol. The Kier molecular flexibility index (Phi) is 3.56. The van der Waals surface area contributed by atoms with Gasteiger partial charge >= 0.3 is 0 Å². The molecule has 96 valence electrons. The lowest BCUT2D eigenvalue weighted by molar-refractivity contribution is 0.417. The Morgan fingerprint density at radius 2 is 1.88 bits per heavy atom. The van der Waals surface area contributed by atoms with Crippen molar-refractivity contribution in [1.82, 2.24) is 0 Å². The lowest BCUT2D eigenvalue weighted by Crippen LogP contribution is -2.33. The molecule has 0 bridgehead atoms. The van der Waals surface area contributed by atoms with Gasteiger partial charge < -0.3 is 10.5 Å². The average molecular weight is 258 g/mol.